The van der Waals surface area contributed by atoms with E-state index in [2.05, 4.69) is 10.6 Å². The summed E-state index contributed by atoms with van der Waals surface area (Å²) in [5, 5.41) is 7.94. The Morgan fingerprint density at radius 2 is 1.78 bits per heavy atom. The van der Waals surface area contributed by atoms with Crippen LogP contribution in [-0.4, -0.2) is 12.5 Å². The molecule has 0 radical (unpaired) electrons. The van der Waals surface area contributed by atoms with Gasteiger partial charge in [0, 0.05) is 16.5 Å². The van der Waals surface area contributed by atoms with Crippen LogP contribution < -0.4 is 10.6 Å². The van der Waals surface area contributed by atoms with Crippen LogP contribution in [0.2, 0.25) is 0 Å². The maximum absolute atomic E-state index is 13.8. The van der Waals surface area contributed by atoms with E-state index in [1.54, 1.807) is 30.3 Å². The molecule has 0 aliphatic rings. The van der Waals surface area contributed by atoms with E-state index in [1.165, 1.54) is 29.5 Å². The quantitative estimate of drug-likeness (QED) is 0.624. The summed E-state index contributed by atoms with van der Waals surface area (Å²) < 4.78 is 27.1. The fourth-order valence-electron chi connectivity index (χ4n) is 2.82. The van der Waals surface area contributed by atoms with Crippen molar-refractivity contribution in [2.75, 3.05) is 6.54 Å². The van der Waals surface area contributed by atoms with E-state index >= 15 is 0 Å². The Hall–Kier alpha value is -2.57. The Bertz CT molecular complexity index is 881. The maximum atomic E-state index is 13.8. The predicted molar refractivity (Wildman–Crippen MR) is 104 cm³/mol. The topological polar surface area (TPSA) is 41.1 Å². The number of benzene rings is 2. The van der Waals surface area contributed by atoms with Gasteiger partial charge in [-0.25, -0.2) is 8.78 Å². The van der Waals surface area contributed by atoms with Gasteiger partial charge in [0.15, 0.2) is 0 Å². The molecule has 0 aliphatic heterocycles. The van der Waals surface area contributed by atoms with Crippen LogP contribution in [0.5, 0.6) is 0 Å². The van der Waals surface area contributed by atoms with E-state index in [1.807, 2.05) is 24.4 Å². The van der Waals surface area contributed by atoms with Gasteiger partial charge in [-0.2, -0.15) is 0 Å². The number of thiophene rings is 1. The molecule has 1 heterocycles. The summed E-state index contributed by atoms with van der Waals surface area (Å²) in [5.41, 5.74) is 1.31. The number of carbonyl (C=O) groups is 1. The van der Waals surface area contributed by atoms with Gasteiger partial charge in [-0.15, -0.1) is 11.3 Å². The highest BCUT2D eigenvalue weighted by molar-refractivity contribution is 7.10. The average molecular weight is 386 g/mol. The molecule has 1 amide bonds. The molecule has 3 rings (SSSR count). The first-order valence-corrected chi connectivity index (χ1v) is 9.48. The number of halogens is 2. The van der Waals surface area contributed by atoms with E-state index in [-0.39, 0.29) is 36.2 Å². The lowest BCUT2D eigenvalue weighted by atomic mass is 10.1. The molecular weight excluding hydrogens is 366 g/mol. The van der Waals surface area contributed by atoms with Gasteiger partial charge >= 0.3 is 0 Å². The number of rotatable bonds is 7. The fourth-order valence-corrected chi connectivity index (χ4v) is 3.63. The minimum atomic E-state index is -0.358. The summed E-state index contributed by atoms with van der Waals surface area (Å²) in [6.45, 7) is 1.85. The summed E-state index contributed by atoms with van der Waals surface area (Å²) in [6, 6.07) is 15.7. The van der Waals surface area contributed by atoms with Gasteiger partial charge in [-0.05, 0) is 42.1 Å². The number of amides is 1. The minimum absolute atomic E-state index is 0.0402. The largest absolute Gasteiger partial charge is 0.343 e. The second-order valence-electron chi connectivity index (χ2n) is 6.19. The second kappa shape index (κ2) is 8.88. The van der Waals surface area contributed by atoms with Crippen molar-refractivity contribution in [3.8, 4) is 0 Å². The van der Waals surface area contributed by atoms with Crippen LogP contribution >= 0.6 is 11.3 Å². The summed E-state index contributed by atoms with van der Waals surface area (Å²) in [6.07, 6.45) is 0. The van der Waals surface area contributed by atoms with E-state index in [0.29, 0.717) is 5.56 Å². The van der Waals surface area contributed by atoms with E-state index in [9.17, 15) is 13.6 Å². The molecule has 0 fully saturated rings. The first kappa shape index (κ1) is 19.2. The molecule has 2 N–H and O–H groups in total. The third kappa shape index (κ3) is 4.99. The summed E-state index contributed by atoms with van der Waals surface area (Å²) in [4.78, 5) is 13.4. The molecule has 1 aromatic heterocycles. The van der Waals surface area contributed by atoms with Crippen LogP contribution in [-0.2, 0) is 4.79 Å². The highest BCUT2D eigenvalue weighted by Gasteiger charge is 2.19. The monoisotopic (exact) mass is 386 g/mol. The molecule has 0 spiro atoms. The van der Waals surface area contributed by atoms with Crippen molar-refractivity contribution in [3.63, 3.8) is 0 Å². The molecule has 0 saturated heterocycles. The zero-order valence-electron chi connectivity index (χ0n) is 14.8. The molecule has 2 unspecified atom stereocenters. The lowest BCUT2D eigenvalue weighted by Gasteiger charge is -2.20. The molecule has 2 atom stereocenters. The van der Waals surface area contributed by atoms with Crippen molar-refractivity contribution in [3.05, 3.63) is 93.7 Å². The lowest BCUT2D eigenvalue weighted by Crippen LogP contribution is -2.37. The van der Waals surface area contributed by atoms with Gasteiger partial charge < -0.3 is 10.6 Å². The highest BCUT2D eigenvalue weighted by Crippen LogP contribution is 2.26. The van der Waals surface area contributed by atoms with Gasteiger partial charge in [-0.3, -0.25) is 4.79 Å². The summed E-state index contributed by atoms with van der Waals surface area (Å²) in [5.74, 6) is -0.850. The second-order valence-corrected chi connectivity index (χ2v) is 7.17. The SMILES string of the molecule is CC(NCC(=O)NC(c1ccc(F)cc1)c1cccs1)c1ccccc1F. The molecule has 3 nitrogen and oxygen atoms in total. The third-order valence-corrected chi connectivity index (χ3v) is 5.21. The van der Waals surface area contributed by atoms with Crippen LogP contribution in [0, 0.1) is 11.6 Å². The van der Waals surface area contributed by atoms with Gasteiger partial charge in [-0.1, -0.05) is 36.4 Å². The Morgan fingerprint density at radius 3 is 2.44 bits per heavy atom. The van der Waals surface area contributed by atoms with Crippen LogP contribution in [0.15, 0.2) is 66.0 Å². The first-order valence-electron chi connectivity index (χ1n) is 8.60. The predicted octanol–water partition coefficient (Wildman–Crippen LogP) is 4.58. The van der Waals surface area contributed by atoms with Crippen molar-refractivity contribution in [2.24, 2.45) is 0 Å². The highest BCUT2D eigenvalue weighted by atomic mass is 32.1. The Kier molecular flexibility index (Phi) is 6.32. The molecule has 0 bridgehead atoms. The van der Waals surface area contributed by atoms with Crippen LogP contribution in [0.25, 0.3) is 0 Å². The Labute approximate surface area is 161 Å². The third-order valence-electron chi connectivity index (χ3n) is 4.28. The molecule has 0 saturated carbocycles. The minimum Gasteiger partial charge on any atom is -0.343 e. The zero-order chi connectivity index (χ0) is 19.2. The van der Waals surface area contributed by atoms with Gasteiger partial charge in [0.1, 0.15) is 11.6 Å². The normalized spacial score (nSPS) is 13.1. The van der Waals surface area contributed by atoms with Crippen molar-refractivity contribution >= 4 is 17.2 Å². The van der Waals surface area contributed by atoms with Crippen molar-refractivity contribution < 1.29 is 13.6 Å². The van der Waals surface area contributed by atoms with Crippen LogP contribution in [0.3, 0.4) is 0 Å². The Morgan fingerprint density at radius 1 is 1.04 bits per heavy atom. The molecule has 0 aliphatic carbocycles. The van der Waals surface area contributed by atoms with E-state index in [4.69, 9.17) is 0 Å². The summed E-state index contributed by atoms with van der Waals surface area (Å²) >= 11 is 1.52. The number of carbonyl (C=O) groups excluding carboxylic acids is 1. The maximum Gasteiger partial charge on any atom is 0.234 e. The van der Waals surface area contributed by atoms with Crippen molar-refractivity contribution in [1.29, 1.82) is 0 Å². The molecule has 3 aromatic rings. The molecule has 140 valence electrons. The smallest absolute Gasteiger partial charge is 0.234 e. The average Bonchev–Trinajstić information content (AvgIpc) is 3.20. The molecule has 27 heavy (non-hydrogen) atoms. The number of hydrogen-bond acceptors (Lipinski definition) is 3. The molecular formula is C21H20F2N2OS. The zero-order valence-corrected chi connectivity index (χ0v) is 15.6. The first-order chi connectivity index (χ1) is 13.0. The van der Waals surface area contributed by atoms with Crippen LogP contribution in [0.4, 0.5) is 8.78 Å². The Balaban J connectivity index is 1.66. The van der Waals surface area contributed by atoms with E-state index < -0.39 is 0 Å². The molecule has 2 aromatic carbocycles. The lowest BCUT2D eigenvalue weighted by molar-refractivity contribution is -0.120. The van der Waals surface area contributed by atoms with Crippen molar-refractivity contribution in [2.45, 2.75) is 19.0 Å². The molecule has 6 heteroatoms. The summed E-state index contributed by atoms with van der Waals surface area (Å²) in [7, 11) is 0. The van der Waals surface area contributed by atoms with Gasteiger partial charge in [0.25, 0.3) is 0 Å². The standard InChI is InChI=1S/C21H20F2N2OS/c1-14(17-5-2-3-6-18(17)23)24-13-20(26)25-21(19-7-4-12-27-19)15-8-10-16(22)11-9-15/h2-12,14,21,24H,13H2,1H3,(H,25,26). The van der Waals surface area contributed by atoms with Crippen LogP contribution in [0.1, 0.15) is 35.0 Å². The van der Waals surface area contributed by atoms with Gasteiger partial charge in [0.05, 0.1) is 12.6 Å². The van der Waals surface area contributed by atoms with E-state index in [0.717, 1.165) is 10.4 Å². The number of hydrogen-bond donors (Lipinski definition) is 2. The fraction of sp³-hybridized carbons (Fsp3) is 0.190. The van der Waals surface area contributed by atoms with Gasteiger partial charge in [0.2, 0.25) is 5.91 Å². The number of nitrogens with one attached hydrogen (secondary N) is 2. The van der Waals surface area contributed by atoms with Crippen molar-refractivity contribution in [1.82, 2.24) is 10.6 Å².